The standard InChI is InChI=1S/C13H16N2O2/c16-11-3-1-2-9(15-11)4-7-14-12(17)10-8-13(10)5-6-13/h1-3,10H,4-8H2,(H,14,17)(H,15,16). The van der Waals surface area contributed by atoms with E-state index in [9.17, 15) is 9.59 Å². The number of hydrogen-bond acceptors (Lipinski definition) is 2. The minimum Gasteiger partial charge on any atom is -0.355 e. The van der Waals surface area contributed by atoms with E-state index in [1.54, 1.807) is 6.07 Å². The Morgan fingerprint density at radius 3 is 2.94 bits per heavy atom. The molecule has 1 unspecified atom stereocenters. The zero-order valence-electron chi connectivity index (χ0n) is 9.66. The van der Waals surface area contributed by atoms with E-state index in [4.69, 9.17) is 0 Å². The van der Waals surface area contributed by atoms with Gasteiger partial charge >= 0.3 is 0 Å². The first-order valence-electron chi connectivity index (χ1n) is 6.16. The van der Waals surface area contributed by atoms with Gasteiger partial charge in [-0.25, -0.2) is 0 Å². The molecule has 1 heterocycles. The van der Waals surface area contributed by atoms with Crippen molar-refractivity contribution in [2.45, 2.75) is 25.7 Å². The first-order valence-corrected chi connectivity index (χ1v) is 6.16. The van der Waals surface area contributed by atoms with Gasteiger partial charge in [-0.1, -0.05) is 6.07 Å². The van der Waals surface area contributed by atoms with Gasteiger partial charge in [0.15, 0.2) is 0 Å². The normalized spacial score (nSPS) is 23.4. The number of aromatic nitrogens is 1. The first kappa shape index (κ1) is 10.6. The average molecular weight is 232 g/mol. The zero-order valence-corrected chi connectivity index (χ0v) is 9.66. The maximum atomic E-state index is 11.7. The fourth-order valence-corrected chi connectivity index (χ4v) is 2.51. The van der Waals surface area contributed by atoms with Gasteiger partial charge in [-0.15, -0.1) is 0 Å². The van der Waals surface area contributed by atoms with Crippen molar-refractivity contribution in [3.63, 3.8) is 0 Å². The van der Waals surface area contributed by atoms with Crippen LogP contribution in [0, 0.1) is 11.3 Å². The highest BCUT2D eigenvalue weighted by molar-refractivity contribution is 5.83. The lowest BCUT2D eigenvalue weighted by molar-refractivity contribution is -0.122. The fourth-order valence-electron chi connectivity index (χ4n) is 2.51. The molecular formula is C13H16N2O2. The molecule has 0 aromatic carbocycles. The monoisotopic (exact) mass is 232 g/mol. The third-order valence-electron chi connectivity index (χ3n) is 3.92. The molecule has 0 aliphatic heterocycles. The van der Waals surface area contributed by atoms with Gasteiger partial charge in [-0.3, -0.25) is 9.59 Å². The number of nitrogens with one attached hydrogen (secondary N) is 2. The maximum Gasteiger partial charge on any atom is 0.248 e. The van der Waals surface area contributed by atoms with Gasteiger partial charge in [0.25, 0.3) is 0 Å². The lowest BCUT2D eigenvalue weighted by Crippen LogP contribution is -2.28. The maximum absolute atomic E-state index is 11.7. The summed E-state index contributed by atoms with van der Waals surface area (Å²) in [4.78, 5) is 25.5. The summed E-state index contributed by atoms with van der Waals surface area (Å²) in [5, 5.41) is 2.95. The minimum absolute atomic E-state index is 0.0899. The molecule has 2 aliphatic rings. The van der Waals surface area contributed by atoms with Crippen molar-refractivity contribution >= 4 is 5.91 Å². The lowest BCUT2D eigenvalue weighted by atomic mass is 10.2. The Labute approximate surface area is 99.4 Å². The van der Waals surface area contributed by atoms with Crippen LogP contribution in [-0.4, -0.2) is 17.4 Å². The third kappa shape index (κ3) is 2.12. The molecule has 2 aliphatic carbocycles. The van der Waals surface area contributed by atoms with E-state index in [1.165, 1.54) is 18.9 Å². The number of carbonyl (C=O) groups is 1. The quantitative estimate of drug-likeness (QED) is 0.807. The number of H-pyrrole nitrogens is 1. The molecule has 17 heavy (non-hydrogen) atoms. The number of carbonyl (C=O) groups excluding carboxylic acids is 1. The molecule has 0 saturated heterocycles. The topological polar surface area (TPSA) is 62.0 Å². The second kappa shape index (κ2) is 3.72. The molecule has 0 bridgehead atoms. The fraction of sp³-hybridized carbons (Fsp3) is 0.538. The van der Waals surface area contributed by atoms with Crippen LogP contribution in [-0.2, 0) is 11.2 Å². The summed E-state index contributed by atoms with van der Waals surface area (Å²) in [5.74, 6) is 0.470. The molecule has 2 N–H and O–H groups in total. The molecular weight excluding hydrogens is 216 g/mol. The number of pyridine rings is 1. The van der Waals surface area contributed by atoms with E-state index in [1.807, 2.05) is 6.07 Å². The second-order valence-corrected chi connectivity index (χ2v) is 5.20. The minimum atomic E-state index is -0.0899. The molecule has 1 amide bonds. The van der Waals surface area contributed by atoms with Crippen molar-refractivity contribution < 1.29 is 4.79 Å². The zero-order chi connectivity index (χ0) is 11.9. The predicted molar refractivity (Wildman–Crippen MR) is 63.6 cm³/mol. The first-order chi connectivity index (χ1) is 8.20. The van der Waals surface area contributed by atoms with Crippen LogP contribution in [0.25, 0.3) is 0 Å². The van der Waals surface area contributed by atoms with Crippen LogP contribution in [0.4, 0.5) is 0 Å². The number of rotatable bonds is 4. The molecule has 1 aromatic rings. The summed E-state index contributed by atoms with van der Waals surface area (Å²) in [5.41, 5.74) is 1.20. The Morgan fingerprint density at radius 2 is 2.29 bits per heavy atom. The molecule has 1 atom stereocenters. The highest BCUT2D eigenvalue weighted by Gasteiger charge is 2.65. The molecule has 3 rings (SSSR count). The van der Waals surface area contributed by atoms with Gasteiger partial charge < -0.3 is 10.3 Å². The molecule has 4 heteroatoms. The van der Waals surface area contributed by atoms with Crippen molar-refractivity contribution in [3.05, 3.63) is 34.2 Å². The summed E-state index contributed by atoms with van der Waals surface area (Å²) < 4.78 is 0. The van der Waals surface area contributed by atoms with Crippen LogP contribution < -0.4 is 10.9 Å². The summed E-state index contributed by atoms with van der Waals surface area (Å²) >= 11 is 0. The largest absolute Gasteiger partial charge is 0.355 e. The Morgan fingerprint density at radius 1 is 1.47 bits per heavy atom. The number of aromatic amines is 1. The van der Waals surface area contributed by atoms with Crippen LogP contribution in [0.2, 0.25) is 0 Å². The van der Waals surface area contributed by atoms with Crippen LogP contribution in [0.3, 0.4) is 0 Å². The summed E-state index contributed by atoms with van der Waals surface area (Å²) in [6.45, 7) is 0.603. The van der Waals surface area contributed by atoms with E-state index in [0.29, 0.717) is 18.4 Å². The Kier molecular flexibility index (Phi) is 2.31. The Balaban J connectivity index is 1.46. The Bertz CT molecular complexity index is 502. The predicted octanol–water partition coefficient (Wildman–Crippen LogP) is 0.834. The van der Waals surface area contributed by atoms with E-state index in [0.717, 1.165) is 12.1 Å². The highest BCUT2D eigenvalue weighted by Crippen LogP contribution is 2.70. The molecule has 2 saturated carbocycles. The second-order valence-electron chi connectivity index (χ2n) is 5.20. The van der Waals surface area contributed by atoms with E-state index in [-0.39, 0.29) is 17.4 Å². The van der Waals surface area contributed by atoms with Gasteiger partial charge in [0.1, 0.15) is 0 Å². The van der Waals surface area contributed by atoms with Crippen molar-refractivity contribution in [1.82, 2.24) is 10.3 Å². The van der Waals surface area contributed by atoms with Crippen LogP contribution in [0.1, 0.15) is 25.0 Å². The van der Waals surface area contributed by atoms with Gasteiger partial charge in [0.2, 0.25) is 11.5 Å². The van der Waals surface area contributed by atoms with Crippen molar-refractivity contribution in [1.29, 1.82) is 0 Å². The van der Waals surface area contributed by atoms with Crippen molar-refractivity contribution in [2.24, 2.45) is 11.3 Å². The van der Waals surface area contributed by atoms with Crippen molar-refractivity contribution in [2.75, 3.05) is 6.54 Å². The average Bonchev–Trinajstić information content (AvgIpc) is 3.20. The van der Waals surface area contributed by atoms with Gasteiger partial charge in [0.05, 0.1) is 0 Å². The van der Waals surface area contributed by atoms with Crippen LogP contribution >= 0.6 is 0 Å². The molecule has 2 fully saturated rings. The summed E-state index contributed by atoms with van der Waals surface area (Å²) in [7, 11) is 0. The van der Waals surface area contributed by atoms with Crippen LogP contribution in [0.5, 0.6) is 0 Å². The smallest absolute Gasteiger partial charge is 0.248 e. The highest BCUT2D eigenvalue weighted by atomic mass is 16.2. The molecule has 1 spiro atoms. The SMILES string of the molecule is O=C(NCCc1cccc(=O)[nH]1)C1CC12CC2. The van der Waals surface area contributed by atoms with E-state index < -0.39 is 0 Å². The van der Waals surface area contributed by atoms with Crippen molar-refractivity contribution in [3.8, 4) is 0 Å². The summed E-state index contributed by atoms with van der Waals surface area (Å²) in [6.07, 6.45) is 4.23. The Hall–Kier alpha value is -1.58. The van der Waals surface area contributed by atoms with E-state index >= 15 is 0 Å². The van der Waals surface area contributed by atoms with E-state index in [2.05, 4.69) is 10.3 Å². The third-order valence-corrected chi connectivity index (χ3v) is 3.92. The number of amides is 1. The molecule has 4 nitrogen and oxygen atoms in total. The van der Waals surface area contributed by atoms with Gasteiger partial charge in [-0.05, 0) is 30.7 Å². The molecule has 1 aromatic heterocycles. The summed E-state index contributed by atoms with van der Waals surface area (Å²) in [6, 6.07) is 5.09. The van der Waals surface area contributed by atoms with Crippen LogP contribution in [0.15, 0.2) is 23.0 Å². The molecule has 0 radical (unpaired) electrons. The number of hydrogen-bond donors (Lipinski definition) is 2. The van der Waals surface area contributed by atoms with Gasteiger partial charge in [0, 0.05) is 30.6 Å². The lowest BCUT2D eigenvalue weighted by Gasteiger charge is -2.04. The van der Waals surface area contributed by atoms with Gasteiger partial charge in [-0.2, -0.15) is 0 Å². The molecule has 90 valence electrons.